The van der Waals surface area contributed by atoms with Crippen molar-refractivity contribution in [1.82, 2.24) is 4.98 Å². The van der Waals surface area contributed by atoms with E-state index in [1.165, 1.54) is 12.1 Å². The number of nitrogens with zero attached hydrogens (tertiary/aromatic N) is 2. The second kappa shape index (κ2) is 5.38. The summed E-state index contributed by atoms with van der Waals surface area (Å²) in [7, 11) is -4.09. The summed E-state index contributed by atoms with van der Waals surface area (Å²) in [6.45, 7) is 1.63. The Kier molecular flexibility index (Phi) is 3.78. The molecule has 108 valence electrons. The summed E-state index contributed by atoms with van der Waals surface area (Å²) in [5.41, 5.74) is 0.113. The van der Waals surface area contributed by atoms with Crippen LogP contribution in [0.4, 0.5) is 10.2 Å². The molecule has 0 fully saturated rings. The molecule has 0 aliphatic heterocycles. The molecule has 2 rings (SSSR count). The van der Waals surface area contributed by atoms with Crippen LogP contribution in [0.25, 0.3) is 0 Å². The van der Waals surface area contributed by atoms with Gasteiger partial charge in [-0.25, -0.2) is 17.8 Å². The highest BCUT2D eigenvalue weighted by Crippen LogP contribution is 2.24. The number of nitriles is 1. The van der Waals surface area contributed by atoms with Crippen LogP contribution in [0.2, 0.25) is 0 Å². The molecular weight excluding hydrogens is 297 g/mol. The maximum atomic E-state index is 13.2. The average molecular weight is 307 g/mol. The number of sulfonamides is 1. The van der Waals surface area contributed by atoms with Crippen molar-refractivity contribution < 1.29 is 17.9 Å². The van der Waals surface area contributed by atoms with Crippen LogP contribution in [0, 0.1) is 24.1 Å². The van der Waals surface area contributed by atoms with E-state index in [1.807, 2.05) is 0 Å². The maximum absolute atomic E-state index is 13.2. The number of aryl methyl sites for hydroxylation is 1. The van der Waals surface area contributed by atoms with Gasteiger partial charge in [-0.2, -0.15) is 5.26 Å². The number of pyridine rings is 1. The molecule has 8 heteroatoms. The minimum atomic E-state index is -4.09. The molecule has 6 nitrogen and oxygen atoms in total. The van der Waals surface area contributed by atoms with Crippen molar-refractivity contribution in [3.8, 4) is 11.8 Å². The van der Waals surface area contributed by atoms with Crippen LogP contribution in [0.15, 0.2) is 35.2 Å². The first-order valence-corrected chi connectivity index (χ1v) is 7.21. The lowest BCUT2D eigenvalue weighted by molar-refractivity contribution is 0.475. The fraction of sp³-hybridized carbons (Fsp3) is 0.0769. The van der Waals surface area contributed by atoms with Gasteiger partial charge in [0.15, 0.2) is 11.6 Å². The van der Waals surface area contributed by atoms with Crippen molar-refractivity contribution in [2.75, 3.05) is 4.72 Å². The molecule has 1 heterocycles. The standard InChI is InChI=1S/C13H10FN3O3S/c1-8-2-5-12(18)13(16-8)17-21(19,20)10-3-4-11(14)9(6-10)7-15/h2-6,18H,1H3,(H,16,17). The van der Waals surface area contributed by atoms with Gasteiger partial charge in [0.05, 0.1) is 10.5 Å². The number of hydrogen-bond acceptors (Lipinski definition) is 5. The third-order valence-electron chi connectivity index (χ3n) is 2.61. The van der Waals surface area contributed by atoms with E-state index >= 15 is 0 Å². The van der Waals surface area contributed by atoms with E-state index in [0.29, 0.717) is 5.69 Å². The molecule has 0 aliphatic rings. The van der Waals surface area contributed by atoms with Gasteiger partial charge in [0.2, 0.25) is 0 Å². The van der Waals surface area contributed by atoms with Gasteiger partial charge in [-0.3, -0.25) is 4.72 Å². The second-order valence-electron chi connectivity index (χ2n) is 4.18. The smallest absolute Gasteiger partial charge is 0.263 e. The van der Waals surface area contributed by atoms with Crippen LogP contribution >= 0.6 is 0 Å². The number of anilines is 1. The zero-order valence-electron chi connectivity index (χ0n) is 10.8. The largest absolute Gasteiger partial charge is 0.504 e. The number of nitrogens with one attached hydrogen (secondary N) is 1. The first-order chi connectivity index (χ1) is 9.83. The lowest BCUT2D eigenvalue weighted by Crippen LogP contribution is -2.14. The minimum Gasteiger partial charge on any atom is -0.504 e. The molecule has 0 saturated carbocycles. The van der Waals surface area contributed by atoms with Gasteiger partial charge < -0.3 is 5.11 Å². The Balaban J connectivity index is 2.44. The van der Waals surface area contributed by atoms with Crippen LogP contribution < -0.4 is 4.72 Å². The van der Waals surface area contributed by atoms with Crippen LogP contribution in [0.3, 0.4) is 0 Å². The van der Waals surface area contributed by atoms with E-state index in [0.717, 1.165) is 18.2 Å². The summed E-state index contributed by atoms with van der Waals surface area (Å²) in [5, 5.41) is 18.3. The lowest BCUT2D eigenvalue weighted by Gasteiger charge is -2.09. The summed E-state index contributed by atoms with van der Waals surface area (Å²) < 4.78 is 39.6. The Morgan fingerprint density at radius 3 is 2.71 bits per heavy atom. The molecule has 1 aromatic carbocycles. The number of hydrogen-bond donors (Lipinski definition) is 2. The van der Waals surface area contributed by atoms with E-state index in [9.17, 15) is 17.9 Å². The van der Waals surface area contributed by atoms with Crippen molar-refractivity contribution in [2.45, 2.75) is 11.8 Å². The van der Waals surface area contributed by atoms with Gasteiger partial charge in [0, 0.05) is 5.69 Å². The van der Waals surface area contributed by atoms with Gasteiger partial charge >= 0.3 is 0 Å². The number of aromatic hydroxyl groups is 1. The summed E-state index contributed by atoms with van der Waals surface area (Å²) in [5.74, 6) is -1.39. The Hall–Kier alpha value is -2.66. The lowest BCUT2D eigenvalue weighted by atomic mass is 10.2. The molecular formula is C13H10FN3O3S. The first-order valence-electron chi connectivity index (χ1n) is 5.72. The molecule has 21 heavy (non-hydrogen) atoms. The van der Waals surface area contributed by atoms with E-state index in [1.54, 1.807) is 13.0 Å². The third-order valence-corrected chi connectivity index (χ3v) is 3.95. The molecule has 0 aliphatic carbocycles. The molecule has 2 N–H and O–H groups in total. The number of aromatic nitrogens is 1. The Morgan fingerprint density at radius 1 is 1.33 bits per heavy atom. The van der Waals surface area contributed by atoms with E-state index in [4.69, 9.17) is 5.26 Å². The Bertz CT molecular complexity index is 844. The van der Waals surface area contributed by atoms with Crippen LogP contribution in [-0.2, 0) is 10.0 Å². The quantitative estimate of drug-likeness (QED) is 0.901. The topological polar surface area (TPSA) is 103 Å². The SMILES string of the molecule is Cc1ccc(O)c(NS(=O)(=O)c2ccc(F)c(C#N)c2)n1. The fourth-order valence-corrected chi connectivity index (χ4v) is 2.61. The molecule has 0 bridgehead atoms. The molecule has 0 amide bonds. The monoisotopic (exact) mass is 307 g/mol. The van der Waals surface area contributed by atoms with Crippen LogP contribution in [0.5, 0.6) is 5.75 Å². The normalized spacial score (nSPS) is 10.9. The third kappa shape index (κ3) is 3.09. The van der Waals surface area contributed by atoms with Crippen molar-refractivity contribution in [2.24, 2.45) is 0 Å². The van der Waals surface area contributed by atoms with Gasteiger partial charge in [-0.05, 0) is 37.3 Å². The highest BCUT2D eigenvalue weighted by molar-refractivity contribution is 7.92. The number of halogens is 1. The van der Waals surface area contributed by atoms with Crippen molar-refractivity contribution in [3.63, 3.8) is 0 Å². The summed E-state index contributed by atoms with van der Waals surface area (Å²) in [6, 6.07) is 7.18. The second-order valence-corrected chi connectivity index (χ2v) is 5.86. The average Bonchev–Trinajstić information content (AvgIpc) is 2.43. The number of rotatable bonds is 3. The van der Waals surface area contributed by atoms with Crippen LogP contribution in [0.1, 0.15) is 11.3 Å². The predicted molar refractivity (Wildman–Crippen MR) is 72.6 cm³/mol. The van der Waals surface area contributed by atoms with Crippen molar-refractivity contribution >= 4 is 15.8 Å². The van der Waals surface area contributed by atoms with Gasteiger partial charge in [0.1, 0.15) is 11.9 Å². The predicted octanol–water partition coefficient (Wildman–Crippen LogP) is 1.91. The molecule has 0 unspecified atom stereocenters. The van der Waals surface area contributed by atoms with E-state index in [-0.39, 0.29) is 22.0 Å². The summed E-state index contributed by atoms with van der Waals surface area (Å²) in [4.78, 5) is 3.56. The summed E-state index contributed by atoms with van der Waals surface area (Å²) >= 11 is 0. The molecule has 0 radical (unpaired) electrons. The molecule has 1 aromatic heterocycles. The molecule has 0 atom stereocenters. The highest BCUT2D eigenvalue weighted by atomic mass is 32.2. The summed E-state index contributed by atoms with van der Waals surface area (Å²) in [6.07, 6.45) is 0. The Labute approximate surface area is 120 Å². The van der Waals surface area contributed by atoms with Crippen LogP contribution in [-0.4, -0.2) is 18.5 Å². The highest BCUT2D eigenvalue weighted by Gasteiger charge is 2.19. The number of benzene rings is 1. The minimum absolute atomic E-state index is 0.238. The first kappa shape index (κ1) is 14.7. The van der Waals surface area contributed by atoms with Gasteiger partial charge in [-0.15, -0.1) is 0 Å². The maximum Gasteiger partial charge on any atom is 0.263 e. The fourth-order valence-electron chi connectivity index (χ4n) is 1.57. The molecule has 0 saturated heterocycles. The van der Waals surface area contributed by atoms with Gasteiger partial charge in [-0.1, -0.05) is 0 Å². The van der Waals surface area contributed by atoms with Crippen molar-refractivity contribution in [1.29, 1.82) is 5.26 Å². The van der Waals surface area contributed by atoms with Crippen molar-refractivity contribution in [3.05, 3.63) is 47.4 Å². The Morgan fingerprint density at radius 2 is 2.05 bits per heavy atom. The van der Waals surface area contributed by atoms with E-state index < -0.39 is 15.8 Å². The zero-order chi connectivity index (χ0) is 15.6. The molecule has 0 spiro atoms. The van der Waals surface area contributed by atoms with Gasteiger partial charge in [0.25, 0.3) is 10.0 Å². The van der Waals surface area contributed by atoms with E-state index in [2.05, 4.69) is 9.71 Å². The zero-order valence-corrected chi connectivity index (χ0v) is 11.6. The molecule has 2 aromatic rings.